The Morgan fingerprint density at radius 3 is 0.760 bits per heavy atom. The molecule has 0 aromatic carbocycles. The van der Waals surface area contributed by atoms with Gasteiger partial charge in [-0.15, -0.1) is 0 Å². The summed E-state index contributed by atoms with van der Waals surface area (Å²) in [6.07, 6.45) is 1.60. The van der Waals surface area contributed by atoms with Crippen LogP contribution in [0.1, 0.15) is 53.4 Å². The fourth-order valence-electron chi connectivity index (χ4n) is 9.01. The average molecular weight is 1260 g/mol. The first kappa shape index (κ1) is 74.5. The van der Waals surface area contributed by atoms with Crippen molar-refractivity contribution in [3.05, 3.63) is 0 Å². The molecule has 0 fully saturated rings. The highest BCUT2D eigenvalue weighted by Crippen LogP contribution is 2.32. The second-order valence-electron chi connectivity index (χ2n) is 24.4. The summed E-state index contributed by atoms with van der Waals surface area (Å²) in [4.78, 5) is 48.0. The van der Waals surface area contributed by atoms with E-state index >= 15 is 0 Å². The molecule has 0 saturated heterocycles. The minimum Gasteiger partial charge on any atom is -0.464 e. The van der Waals surface area contributed by atoms with E-state index in [0.717, 1.165) is 12.1 Å². The fraction of sp³-hybridized carbons (Fsp3) is 0.909. The maximum Gasteiger partial charge on any atom is 0.407 e. The molecule has 444 valence electrons. The maximum absolute atomic E-state index is 12.2. The van der Waals surface area contributed by atoms with Crippen LogP contribution in [0.5, 0.6) is 0 Å². The minimum atomic E-state index is -2.84. The van der Waals surface area contributed by atoms with Crippen LogP contribution in [-0.2, 0) is 69.7 Å². The molecule has 2 unspecified atom stereocenters. The highest BCUT2D eigenvalue weighted by Gasteiger charge is 2.51. The molecule has 0 aliphatic carbocycles. The van der Waals surface area contributed by atoms with E-state index in [0.29, 0.717) is 25.7 Å². The summed E-state index contributed by atoms with van der Waals surface area (Å²) in [6, 6.07) is 1.54. The molecular formula is C44H106N2O18Si11. The highest BCUT2D eigenvalue weighted by molar-refractivity contribution is 6.93. The van der Waals surface area contributed by atoms with E-state index in [-0.39, 0.29) is 63.3 Å². The third-order valence-corrected chi connectivity index (χ3v) is 53.5. The van der Waals surface area contributed by atoms with Gasteiger partial charge in [0.2, 0.25) is 0 Å². The zero-order valence-corrected chi connectivity index (χ0v) is 62.5. The monoisotopic (exact) mass is 1260 g/mol. The molecule has 0 bridgehead atoms. The van der Waals surface area contributed by atoms with Gasteiger partial charge in [-0.2, -0.15) is 0 Å². The van der Waals surface area contributed by atoms with Crippen LogP contribution in [0.4, 0.5) is 9.59 Å². The summed E-state index contributed by atoms with van der Waals surface area (Å²) < 4.78 is 89.2. The van der Waals surface area contributed by atoms with Crippen molar-refractivity contribution in [2.24, 2.45) is 11.8 Å². The summed E-state index contributed by atoms with van der Waals surface area (Å²) in [5.74, 6) is -0.894. The number of carbonyl (C=O) groups is 4. The van der Waals surface area contributed by atoms with Crippen molar-refractivity contribution < 1.29 is 79.3 Å². The molecule has 0 saturated carbocycles. The molecule has 0 heterocycles. The van der Waals surface area contributed by atoms with Crippen LogP contribution >= 0.6 is 0 Å². The molecule has 0 aromatic rings. The van der Waals surface area contributed by atoms with E-state index in [1.54, 1.807) is 0 Å². The van der Waals surface area contributed by atoms with E-state index in [1.807, 2.05) is 146 Å². The second kappa shape index (κ2) is 31.1. The van der Waals surface area contributed by atoms with Crippen LogP contribution in [-0.4, -0.2) is 157 Å². The Hall–Kier alpha value is -0.534. The number of alkyl carbamates (subject to hydrolysis) is 2. The summed E-state index contributed by atoms with van der Waals surface area (Å²) in [5.41, 5.74) is 0. The molecule has 0 spiro atoms. The summed E-state index contributed by atoms with van der Waals surface area (Å²) in [5, 5.41) is 5.25. The molecule has 0 aliphatic heterocycles. The standard InChI is InChI=1S/C44H106N2O18Si11/c1-27-39(3)41(47)51-35-31-45-43(49)53-33-29-37-65(5,6)55-67(9,10)57-69(13,14)59-71(17,18)61-73(21,22)63-75(25,26)64-74(23,24)62-72(19,20)60-70(15,16)58-68(11,12)56-66(7,8)38-30-34-54-44(50)46-32-36-52-42(48)40(4)28-2/h39-40H,27-38H2,1-26H3,(H,45,49)(H,46,50). The first-order valence-corrected chi connectivity index (χ1v) is 58.3. The SMILES string of the molecule is CCC(C)C(=O)OCCNC(=O)OCCC[Si](C)(C)O[Si](C)(C)O[Si](C)(C)O[Si](C)(C)O[Si](C)(C)O[Si](C)(C)O[Si](C)(C)O[Si](C)(C)O[Si](C)(C)O[Si](C)(C)O[Si](C)(C)CCCOC(=O)NCCOC(=O)C(C)CC. The number of rotatable bonds is 38. The van der Waals surface area contributed by atoms with E-state index in [2.05, 4.69) is 36.8 Å². The number of ether oxygens (including phenoxy) is 4. The number of hydrogen-bond acceptors (Lipinski definition) is 18. The lowest BCUT2D eigenvalue weighted by molar-refractivity contribution is -0.148. The fourth-order valence-corrected chi connectivity index (χ4v) is 65.2. The lowest BCUT2D eigenvalue weighted by atomic mass is 10.1. The van der Waals surface area contributed by atoms with Crippen LogP contribution in [0.15, 0.2) is 0 Å². The largest absolute Gasteiger partial charge is 0.464 e. The molecule has 75 heavy (non-hydrogen) atoms. The normalized spacial score (nSPS) is 14.7. The molecule has 31 heteroatoms. The van der Waals surface area contributed by atoms with Gasteiger partial charge < -0.3 is 70.7 Å². The molecule has 2 amide bonds. The summed E-state index contributed by atoms with van der Waals surface area (Å²) in [7, 11) is -29.5. The third-order valence-electron chi connectivity index (χ3n) is 10.6. The Morgan fingerprint density at radius 1 is 0.333 bits per heavy atom. The Bertz CT molecular complexity index is 1650. The minimum absolute atomic E-state index is 0.101. The quantitative estimate of drug-likeness (QED) is 0.0254. The van der Waals surface area contributed by atoms with Gasteiger partial charge in [0.25, 0.3) is 0 Å². The van der Waals surface area contributed by atoms with Crippen molar-refractivity contribution in [1.82, 2.24) is 10.6 Å². The topological polar surface area (TPSA) is 222 Å². The van der Waals surface area contributed by atoms with Crippen molar-refractivity contribution in [3.63, 3.8) is 0 Å². The van der Waals surface area contributed by atoms with Gasteiger partial charge in [0.1, 0.15) is 13.2 Å². The lowest BCUT2D eigenvalue weighted by Crippen LogP contribution is -2.62. The Labute approximate surface area is 465 Å². The molecule has 0 radical (unpaired) electrons. The van der Waals surface area contributed by atoms with Crippen molar-refractivity contribution >= 4 is 118 Å². The van der Waals surface area contributed by atoms with Gasteiger partial charge in [-0.25, -0.2) is 9.59 Å². The molecule has 2 atom stereocenters. The first-order chi connectivity index (χ1) is 33.6. The highest BCUT2D eigenvalue weighted by atomic mass is 28.5. The van der Waals surface area contributed by atoms with Gasteiger partial charge in [-0.1, -0.05) is 27.7 Å². The molecule has 0 aromatic heterocycles. The van der Waals surface area contributed by atoms with Gasteiger partial charge in [0, 0.05) is 0 Å². The lowest BCUT2D eigenvalue weighted by Gasteiger charge is -2.45. The average Bonchev–Trinajstić information content (AvgIpc) is 3.15. The zero-order valence-electron chi connectivity index (χ0n) is 51.5. The molecular weight excluding hydrogens is 1150 g/mol. The Kier molecular flexibility index (Phi) is 30.8. The van der Waals surface area contributed by atoms with E-state index in [9.17, 15) is 19.2 Å². The van der Waals surface area contributed by atoms with Crippen molar-refractivity contribution in [3.8, 4) is 0 Å². The van der Waals surface area contributed by atoms with Crippen molar-refractivity contribution in [2.45, 2.75) is 210 Å². The van der Waals surface area contributed by atoms with Crippen LogP contribution < -0.4 is 10.6 Å². The predicted octanol–water partition coefficient (Wildman–Crippen LogP) is 11.3. The summed E-state index contributed by atoms with van der Waals surface area (Å²) >= 11 is 0. The smallest absolute Gasteiger partial charge is 0.407 e. The van der Waals surface area contributed by atoms with Gasteiger partial charge in [-0.05, 0) is 182 Å². The Balaban J connectivity index is 5.23. The number of carbonyl (C=O) groups excluding carboxylic acids is 4. The van der Waals surface area contributed by atoms with Crippen LogP contribution in [0.3, 0.4) is 0 Å². The number of nitrogens with one attached hydrogen (secondary N) is 2. The van der Waals surface area contributed by atoms with Gasteiger partial charge >= 0.3 is 101 Å². The van der Waals surface area contributed by atoms with E-state index < -0.39 is 106 Å². The maximum atomic E-state index is 12.2. The van der Waals surface area contributed by atoms with Gasteiger partial charge in [-0.3, -0.25) is 9.59 Å². The van der Waals surface area contributed by atoms with Gasteiger partial charge in [0.05, 0.1) is 38.1 Å². The van der Waals surface area contributed by atoms with Crippen LogP contribution in [0.25, 0.3) is 0 Å². The van der Waals surface area contributed by atoms with Crippen LogP contribution in [0.2, 0.25) is 156 Å². The van der Waals surface area contributed by atoms with E-state index in [1.165, 1.54) is 0 Å². The molecule has 0 rings (SSSR count). The second-order valence-corrected chi connectivity index (χ2v) is 65.8. The van der Waals surface area contributed by atoms with E-state index in [4.69, 9.17) is 60.1 Å². The predicted molar refractivity (Wildman–Crippen MR) is 322 cm³/mol. The van der Waals surface area contributed by atoms with Crippen molar-refractivity contribution in [1.29, 1.82) is 0 Å². The third kappa shape index (κ3) is 36.4. The number of hydrogen-bond donors (Lipinski definition) is 2. The first-order valence-electron chi connectivity index (χ1n) is 26.7. The van der Waals surface area contributed by atoms with Crippen molar-refractivity contribution in [2.75, 3.05) is 39.5 Å². The Morgan fingerprint density at radius 2 is 0.547 bits per heavy atom. The molecule has 0 aliphatic rings. The van der Waals surface area contributed by atoms with Crippen LogP contribution in [0, 0.1) is 11.8 Å². The summed E-state index contributed by atoms with van der Waals surface area (Å²) in [6.45, 7) is 53.7. The molecule has 20 nitrogen and oxygen atoms in total. The molecule has 2 N–H and O–H groups in total. The zero-order chi connectivity index (χ0) is 58.8. The number of esters is 2. The van der Waals surface area contributed by atoms with Gasteiger partial charge in [0.15, 0.2) is 16.6 Å². The number of amides is 2.